The predicted octanol–water partition coefficient (Wildman–Crippen LogP) is 0.0254. The van der Waals surface area contributed by atoms with Crippen LogP contribution in [0.15, 0.2) is 18.2 Å². The molecular weight excluding hydrogens is 310 g/mol. The van der Waals surface area contributed by atoms with Crippen LogP contribution in [0.4, 0.5) is 5.69 Å². The molecule has 7 heteroatoms. The molecule has 0 saturated heterocycles. The van der Waals surface area contributed by atoms with Gasteiger partial charge in [-0.2, -0.15) is 0 Å². The number of amides is 2. The van der Waals surface area contributed by atoms with Gasteiger partial charge in [-0.25, -0.2) is 0 Å². The number of hydrogen-bond donors (Lipinski definition) is 2. The molecule has 0 saturated carbocycles. The highest BCUT2D eigenvalue weighted by Gasteiger charge is 2.18. The van der Waals surface area contributed by atoms with Crippen molar-refractivity contribution < 1.29 is 24.0 Å². The van der Waals surface area contributed by atoms with Crippen molar-refractivity contribution in [2.45, 2.75) is 13.8 Å². The van der Waals surface area contributed by atoms with Crippen molar-refractivity contribution in [2.24, 2.45) is 0 Å². The zero-order chi connectivity index (χ0) is 18.1. The number of hydrogen-bond acceptors (Lipinski definition) is 4. The molecule has 0 heterocycles. The summed E-state index contributed by atoms with van der Waals surface area (Å²) in [5, 5.41) is 2.81. The lowest BCUT2D eigenvalue weighted by Gasteiger charge is -2.21. The molecule has 2 N–H and O–H groups in total. The largest absolute Gasteiger partial charge is 0.497 e. The Kier molecular flexibility index (Phi) is 8.05. The summed E-state index contributed by atoms with van der Waals surface area (Å²) < 4.78 is 10.4. The summed E-state index contributed by atoms with van der Waals surface area (Å²) in [5.74, 6) is 1.04. The van der Waals surface area contributed by atoms with Crippen LogP contribution in [0.1, 0.15) is 13.8 Å². The van der Waals surface area contributed by atoms with Gasteiger partial charge in [0, 0.05) is 19.2 Å². The standard InChI is InChI=1S/C17H27N3O4/c1-6-20(7-2)17(22)12-19(3)11-16(21)18-14-10-13(23-4)8-9-15(14)24-5/h8-10H,6-7,11-12H2,1-5H3,(H,18,21)/p+1. The van der Waals surface area contributed by atoms with Gasteiger partial charge >= 0.3 is 0 Å². The van der Waals surface area contributed by atoms with Crippen LogP contribution in [0.3, 0.4) is 0 Å². The van der Waals surface area contributed by atoms with Gasteiger partial charge in [-0.05, 0) is 26.0 Å². The van der Waals surface area contributed by atoms with Crippen LogP contribution in [0, 0.1) is 0 Å². The molecule has 1 atom stereocenters. The van der Waals surface area contributed by atoms with E-state index in [-0.39, 0.29) is 24.9 Å². The molecule has 0 aromatic heterocycles. The molecule has 7 nitrogen and oxygen atoms in total. The van der Waals surface area contributed by atoms with Gasteiger partial charge in [0.05, 0.1) is 27.0 Å². The van der Waals surface area contributed by atoms with E-state index in [1.807, 2.05) is 20.9 Å². The molecule has 0 spiro atoms. The fourth-order valence-corrected chi connectivity index (χ4v) is 2.39. The molecule has 1 rings (SSSR count). The second-order valence-corrected chi connectivity index (χ2v) is 5.49. The van der Waals surface area contributed by atoms with Crippen molar-refractivity contribution in [3.63, 3.8) is 0 Å². The fraction of sp³-hybridized carbons (Fsp3) is 0.529. The van der Waals surface area contributed by atoms with Crippen LogP contribution in [0.2, 0.25) is 0 Å². The van der Waals surface area contributed by atoms with Crippen LogP contribution in [0.25, 0.3) is 0 Å². The Morgan fingerprint density at radius 3 is 2.33 bits per heavy atom. The van der Waals surface area contributed by atoms with Crippen molar-refractivity contribution in [1.82, 2.24) is 4.90 Å². The minimum atomic E-state index is -0.189. The summed E-state index contributed by atoms with van der Waals surface area (Å²) in [6.45, 7) is 5.71. The minimum Gasteiger partial charge on any atom is -0.497 e. The van der Waals surface area contributed by atoms with E-state index in [4.69, 9.17) is 9.47 Å². The molecule has 0 fully saturated rings. The molecule has 0 bridgehead atoms. The zero-order valence-corrected chi connectivity index (χ0v) is 15.1. The summed E-state index contributed by atoms with van der Waals surface area (Å²) in [7, 11) is 4.92. The molecule has 1 aromatic rings. The SMILES string of the molecule is CCN(CC)C(=O)C[NH+](C)CC(=O)Nc1cc(OC)ccc1OC. The lowest BCUT2D eigenvalue weighted by Crippen LogP contribution is -3.11. The maximum Gasteiger partial charge on any atom is 0.279 e. The minimum absolute atomic E-state index is 0.0456. The number of anilines is 1. The van der Waals surface area contributed by atoms with Crippen LogP contribution >= 0.6 is 0 Å². The lowest BCUT2D eigenvalue weighted by molar-refractivity contribution is -0.862. The number of nitrogens with zero attached hydrogens (tertiary/aromatic N) is 1. The average Bonchev–Trinajstić information content (AvgIpc) is 2.55. The van der Waals surface area contributed by atoms with E-state index < -0.39 is 0 Å². The van der Waals surface area contributed by atoms with Crippen molar-refractivity contribution in [3.05, 3.63) is 18.2 Å². The van der Waals surface area contributed by atoms with Crippen LogP contribution in [-0.4, -0.2) is 64.2 Å². The number of quaternary nitrogens is 1. The number of methoxy groups -OCH3 is 2. The number of likely N-dealkylation sites (N-methyl/N-ethyl adjacent to an activating group) is 2. The van der Waals surface area contributed by atoms with Crippen molar-refractivity contribution >= 4 is 17.5 Å². The van der Waals surface area contributed by atoms with E-state index in [2.05, 4.69) is 5.32 Å². The Labute approximate surface area is 143 Å². The summed E-state index contributed by atoms with van der Waals surface area (Å²) in [6.07, 6.45) is 0. The Morgan fingerprint density at radius 1 is 1.12 bits per heavy atom. The molecule has 0 aliphatic rings. The van der Waals surface area contributed by atoms with Gasteiger partial charge in [0.25, 0.3) is 11.8 Å². The van der Waals surface area contributed by atoms with Crippen molar-refractivity contribution in [3.8, 4) is 11.5 Å². The molecule has 0 radical (unpaired) electrons. The first-order valence-electron chi connectivity index (χ1n) is 8.06. The van der Waals surface area contributed by atoms with Gasteiger partial charge in [0.2, 0.25) is 0 Å². The summed E-state index contributed by atoms with van der Waals surface area (Å²) in [5.41, 5.74) is 0.546. The smallest absolute Gasteiger partial charge is 0.279 e. The zero-order valence-electron chi connectivity index (χ0n) is 15.1. The van der Waals surface area contributed by atoms with E-state index >= 15 is 0 Å². The maximum absolute atomic E-state index is 12.2. The molecular formula is C17H28N3O4+. The van der Waals surface area contributed by atoms with E-state index in [9.17, 15) is 9.59 Å². The highest BCUT2D eigenvalue weighted by Crippen LogP contribution is 2.28. The fourth-order valence-electron chi connectivity index (χ4n) is 2.39. The Bertz CT molecular complexity index is 559. The Morgan fingerprint density at radius 2 is 1.79 bits per heavy atom. The lowest BCUT2D eigenvalue weighted by atomic mass is 10.2. The van der Waals surface area contributed by atoms with Gasteiger partial charge in [-0.15, -0.1) is 0 Å². The summed E-state index contributed by atoms with van der Waals surface area (Å²) >= 11 is 0. The third kappa shape index (κ3) is 5.73. The molecule has 2 amide bonds. The second kappa shape index (κ2) is 9.77. The van der Waals surface area contributed by atoms with E-state index in [1.165, 1.54) is 7.11 Å². The number of carbonyl (C=O) groups excluding carboxylic acids is 2. The van der Waals surface area contributed by atoms with Crippen molar-refractivity contribution in [2.75, 3.05) is 52.8 Å². The van der Waals surface area contributed by atoms with Gasteiger partial charge in [-0.3, -0.25) is 9.59 Å². The first kappa shape index (κ1) is 19.8. The molecule has 0 aliphatic carbocycles. The molecule has 0 aliphatic heterocycles. The normalized spacial score (nSPS) is 11.5. The first-order valence-corrected chi connectivity index (χ1v) is 8.06. The number of ether oxygens (including phenoxy) is 2. The summed E-state index contributed by atoms with van der Waals surface area (Å²) in [4.78, 5) is 26.9. The molecule has 1 unspecified atom stereocenters. The summed E-state index contributed by atoms with van der Waals surface area (Å²) in [6, 6.07) is 5.19. The third-order valence-corrected chi connectivity index (χ3v) is 3.71. The predicted molar refractivity (Wildman–Crippen MR) is 92.7 cm³/mol. The quantitative estimate of drug-likeness (QED) is 0.666. The topological polar surface area (TPSA) is 72.3 Å². The third-order valence-electron chi connectivity index (χ3n) is 3.71. The highest BCUT2D eigenvalue weighted by molar-refractivity contribution is 5.93. The molecule has 134 valence electrons. The van der Waals surface area contributed by atoms with Crippen molar-refractivity contribution in [1.29, 1.82) is 0 Å². The van der Waals surface area contributed by atoms with E-state index in [0.29, 0.717) is 30.3 Å². The van der Waals surface area contributed by atoms with Crippen LogP contribution < -0.4 is 19.7 Å². The van der Waals surface area contributed by atoms with Crippen LogP contribution in [0.5, 0.6) is 11.5 Å². The van der Waals surface area contributed by atoms with Gasteiger partial charge in [0.1, 0.15) is 11.5 Å². The number of benzene rings is 1. The Hall–Kier alpha value is -2.28. The maximum atomic E-state index is 12.2. The van der Waals surface area contributed by atoms with Gasteiger partial charge in [0.15, 0.2) is 13.1 Å². The molecule has 24 heavy (non-hydrogen) atoms. The van der Waals surface area contributed by atoms with Gasteiger partial charge in [-0.1, -0.05) is 0 Å². The number of carbonyl (C=O) groups is 2. The number of nitrogens with one attached hydrogen (secondary N) is 2. The number of rotatable bonds is 9. The Balaban J connectivity index is 2.64. The highest BCUT2D eigenvalue weighted by atomic mass is 16.5. The average molecular weight is 338 g/mol. The van der Waals surface area contributed by atoms with Gasteiger partial charge < -0.3 is 24.6 Å². The monoisotopic (exact) mass is 338 g/mol. The first-order chi connectivity index (χ1) is 11.4. The van der Waals surface area contributed by atoms with Crippen LogP contribution in [-0.2, 0) is 9.59 Å². The van der Waals surface area contributed by atoms with E-state index in [1.54, 1.807) is 30.2 Å². The molecule has 1 aromatic carbocycles. The second-order valence-electron chi connectivity index (χ2n) is 5.49. The van der Waals surface area contributed by atoms with E-state index in [0.717, 1.165) is 4.90 Å².